The minimum absolute atomic E-state index is 0.0922. The summed E-state index contributed by atoms with van der Waals surface area (Å²) >= 11 is 0. The minimum Gasteiger partial charge on any atom is -0.340 e. The maximum Gasteiger partial charge on any atom is 0.243 e. The van der Waals surface area contributed by atoms with Gasteiger partial charge in [0.15, 0.2) is 0 Å². The first-order valence-corrected chi connectivity index (χ1v) is 12.8. The van der Waals surface area contributed by atoms with E-state index in [-0.39, 0.29) is 11.8 Å². The SMILES string of the molecule is Cc1ccc(S(=O)(=O)N2CCC(C(=O)N3CCN(Cc4cccnc4)CC3)CC2)c(C)c1. The van der Waals surface area contributed by atoms with Gasteiger partial charge in [0, 0.05) is 64.1 Å². The van der Waals surface area contributed by atoms with Gasteiger partial charge in [0.2, 0.25) is 15.9 Å². The molecule has 0 radical (unpaired) electrons. The monoisotopic (exact) mass is 456 g/mol. The smallest absolute Gasteiger partial charge is 0.243 e. The fourth-order valence-corrected chi connectivity index (χ4v) is 6.38. The number of rotatable bonds is 5. The average molecular weight is 457 g/mol. The molecule has 2 fully saturated rings. The second kappa shape index (κ2) is 9.68. The van der Waals surface area contributed by atoms with E-state index in [9.17, 15) is 13.2 Å². The van der Waals surface area contributed by atoms with Crippen LogP contribution in [0.15, 0.2) is 47.6 Å². The molecule has 4 rings (SSSR count). The van der Waals surface area contributed by atoms with Crippen molar-refractivity contribution in [3.05, 3.63) is 59.4 Å². The van der Waals surface area contributed by atoms with Crippen molar-refractivity contribution in [2.75, 3.05) is 39.3 Å². The number of aryl methyl sites for hydroxylation is 2. The fourth-order valence-electron chi connectivity index (χ4n) is 4.71. The highest BCUT2D eigenvalue weighted by atomic mass is 32.2. The standard InChI is InChI=1S/C24H32N4O3S/c1-19-5-6-23(20(2)16-19)32(30,31)28-10-7-22(8-11-28)24(29)27-14-12-26(13-15-27)18-21-4-3-9-25-17-21/h3-6,9,16-17,22H,7-8,10-15,18H2,1-2H3. The number of amides is 1. The molecule has 2 aliphatic rings. The summed E-state index contributed by atoms with van der Waals surface area (Å²) < 4.78 is 27.8. The van der Waals surface area contributed by atoms with Gasteiger partial charge in [-0.15, -0.1) is 0 Å². The number of aromatic nitrogens is 1. The molecule has 1 aromatic carbocycles. The summed E-state index contributed by atoms with van der Waals surface area (Å²) in [6, 6.07) is 9.45. The van der Waals surface area contributed by atoms with Crippen molar-refractivity contribution < 1.29 is 13.2 Å². The van der Waals surface area contributed by atoms with E-state index >= 15 is 0 Å². The van der Waals surface area contributed by atoms with Gasteiger partial charge >= 0.3 is 0 Å². The molecule has 7 nitrogen and oxygen atoms in total. The number of nitrogens with zero attached hydrogens (tertiary/aromatic N) is 4. The number of pyridine rings is 1. The van der Waals surface area contributed by atoms with Gasteiger partial charge in [-0.3, -0.25) is 14.7 Å². The van der Waals surface area contributed by atoms with Crippen molar-refractivity contribution in [3.8, 4) is 0 Å². The van der Waals surface area contributed by atoms with Crippen LogP contribution in [0.4, 0.5) is 0 Å². The Morgan fingerprint density at radius 3 is 2.38 bits per heavy atom. The van der Waals surface area contributed by atoms with Crippen LogP contribution in [-0.4, -0.2) is 72.7 Å². The molecule has 2 saturated heterocycles. The predicted octanol–water partition coefficient (Wildman–Crippen LogP) is 2.44. The lowest BCUT2D eigenvalue weighted by Gasteiger charge is -2.38. The average Bonchev–Trinajstić information content (AvgIpc) is 2.80. The Morgan fingerprint density at radius 2 is 1.75 bits per heavy atom. The number of sulfonamides is 1. The summed E-state index contributed by atoms with van der Waals surface area (Å²) in [5.41, 5.74) is 3.00. The van der Waals surface area contributed by atoms with E-state index in [0.717, 1.165) is 43.9 Å². The predicted molar refractivity (Wildman–Crippen MR) is 123 cm³/mol. The van der Waals surface area contributed by atoms with Crippen LogP contribution < -0.4 is 0 Å². The van der Waals surface area contributed by atoms with E-state index in [1.165, 1.54) is 5.56 Å². The van der Waals surface area contributed by atoms with Gasteiger partial charge in [0.05, 0.1) is 4.90 Å². The van der Waals surface area contributed by atoms with Crippen molar-refractivity contribution in [2.24, 2.45) is 5.92 Å². The molecule has 2 aliphatic heterocycles. The topological polar surface area (TPSA) is 73.8 Å². The Morgan fingerprint density at radius 1 is 1.03 bits per heavy atom. The molecule has 2 aromatic rings. The highest BCUT2D eigenvalue weighted by molar-refractivity contribution is 7.89. The molecule has 0 saturated carbocycles. The quantitative estimate of drug-likeness (QED) is 0.691. The summed E-state index contributed by atoms with van der Waals surface area (Å²) in [7, 11) is -3.52. The Kier molecular flexibility index (Phi) is 6.93. The first-order valence-electron chi connectivity index (χ1n) is 11.3. The molecule has 0 bridgehead atoms. The minimum atomic E-state index is -3.52. The summed E-state index contributed by atoms with van der Waals surface area (Å²) in [5, 5.41) is 0. The maximum absolute atomic E-state index is 13.1. The maximum atomic E-state index is 13.1. The van der Waals surface area contributed by atoms with Gasteiger partial charge in [-0.2, -0.15) is 4.31 Å². The van der Waals surface area contributed by atoms with Crippen LogP contribution >= 0.6 is 0 Å². The van der Waals surface area contributed by atoms with Crippen molar-refractivity contribution in [3.63, 3.8) is 0 Å². The van der Waals surface area contributed by atoms with Gasteiger partial charge in [0.25, 0.3) is 0 Å². The summed E-state index contributed by atoms with van der Waals surface area (Å²) in [5.74, 6) is 0.0834. The summed E-state index contributed by atoms with van der Waals surface area (Å²) in [4.78, 5) is 21.9. The number of piperazine rings is 1. The summed E-state index contributed by atoms with van der Waals surface area (Å²) in [6.07, 6.45) is 4.83. The Hall–Kier alpha value is -2.29. The third-order valence-corrected chi connectivity index (χ3v) is 8.62. The number of carbonyl (C=O) groups excluding carboxylic acids is 1. The second-order valence-electron chi connectivity index (χ2n) is 8.91. The molecule has 1 amide bonds. The molecule has 1 aromatic heterocycles. The van der Waals surface area contributed by atoms with Crippen LogP contribution in [-0.2, 0) is 21.4 Å². The fraction of sp³-hybridized carbons (Fsp3) is 0.500. The highest BCUT2D eigenvalue weighted by Gasteiger charge is 2.35. The zero-order valence-corrected chi connectivity index (χ0v) is 19.7. The van der Waals surface area contributed by atoms with Crippen LogP contribution in [0, 0.1) is 19.8 Å². The Bertz CT molecular complexity index is 1040. The lowest BCUT2D eigenvalue weighted by atomic mass is 9.96. The third kappa shape index (κ3) is 5.03. The number of piperidine rings is 1. The highest BCUT2D eigenvalue weighted by Crippen LogP contribution is 2.27. The van der Waals surface area contributed by atoms with Crippen LogP contribution in [0.1, 0.15) is 29.5 Å². The third-order valence-electron chi connectivity index (χ3n) is 6.56. The van der Waals surface area contributed by atoms with E-state index < -0.39 is 10.0 Å². The molecular weight excluding hydrogens is 424 g/mol. The second-order valence-corrected chi connectivity index (χ2v) is 10.8. The molecule has 8 heteroatoms. The largest absolute Gasteiger partial charge is 0.340 e. The van der Waals surface area contributed by atoms with Crippen LogP contribution in [0.2, 0.25) is 0 Å². The Balaban J connectivity index is 1.29. The van der Waals surface area contributed by atoms with Crippen molar-refractivity contribution in [1.82, 2.24) is 19.1 Å². The number of hydrogen-bond donors (Lipinski definition) is 0. The van der Waals surface area contributed by atoms with E-state index in [0.29, 0.717) is 30.8 Å². The van der Waals surface area contributed by atoms with Crippen molar-refractivity contribution >= 4 is 15.9 Å². The first kappa shape index (κ1) is 22.9. The molecule has 3 heterocycles. The van der Waals surface area contributed by atoms with Gasteiger partial charge in [-0.1, -0.05) is 23.8 Å². The Labute approximate surface area is 191 Å². The summed E-state index contributed by atoms with van der Waals surface area (Å²) in [6.45, 7) is 8.58. The lowest BCUT2D eigenvalue weighted by molar-refractivity contribution is -0.138. The van der Waals surface area contributed by atoms with E-state index in [1.807, 2.05) is 43.1 Å². The lowest BCUT2D eigenvalue weighted by Crippen LogP contribution is -2.51. The van der Waals surface area contributed by atoms with Gasteiger partial charge in [-0.25, -0.2) is 8.42 Å². The molecular formula is C24H32N4O3S. The molecule has 172 valence electrons. The normalized spacial score (nSPS) is 19.2. The first-order chi connectivity index (χ1) is 15.3. The molecule has 0 atom stereocenters. The van der Waals surface area contributed by atoms with Crippen LogP contribution in [0.25, 0.3) is 0 Å². The molecule has 0 N–H and O–H groups in total. The van der Waals surface area contributed by atoms with Crippen molar-refractivity contribution in [1.29, 1.82) is 0 Å². The molecule has 0 aliphatic carbocycles. The van der Waals surface area contributed by atoms with Gasteiger partial charge < -0.3 is 4.90 Å². The number of carbonyl (C=O) groups is 1. The zero-order valence-electron chi connectivity index (χ0n) is 18.9. The van der Waals surface area contributed by atoms with E-state index in [4.69, 9.17) is 0 Å². The van der Waals surface area contributed by atoms with Crippen molar-refractivity contribution in [2.45, 2.75) is 38.1 Å². The molecule has 0 spiro atoms. The van der Waals surface area contributed by atoms with E-state index in [2.05, 4.69) is 16.0 Å². The van der Waals surface area contributed by atoms with Gasteiger partial charge in [-0.05, 0) is 49.9 Å². The van der Waals surface area contributed by atoms with Gasteiger partial charge in [0.1, 0.15) is 0 Å². The zero-order chi connectivity index (χ0) is 22.7. The number of benzene rings is 1. The van der Waals surface area contributed by atoms with Crippen LogP contribution in [0.5, 0.6) is 0 Å². The van der Waals surface area contributed by atoms with E-state index in [1.54, 1.807) is 16.6 Å². The van der Waals surface area contributed by atoms with Crippen LogP contribution in [0.3, 0.4) is 0 Å². The molecule has 32 heavy (non-hydrogen) atoms. The number of hydrogen-bond acceptors (Lipinski definition) is 5. The molecule has 0 unspecified atom stereocenters.